The largest absolute Gasteiger partial charge is 0.338 e. The van der Waals surface area contributed by atoms with E-state index in [9.17, 15) is 9.18 Å². The number of benzene rings is 1. The van der Waals surface area contributed by atoms with E-state index in [-0.39, 0.29) is 22.9 Å². The van der Waals surface area contributed by atoms with Crippen molar-refractivity contribution >= 4 is 23.6 Å². The second kappa shape index (κ2) is 10.8. The van der Waals surface area contributed by atoms with Gasteiger partial charge in [0.25, 0.3) is 0 Å². The number of anilines is 1. The molecule has 1 saturated heterocycles. The van der Waals surface area contributed by atoms with E-state index in [2.05, 4.69) is 31.6 Å². The lowest BCUT2D eigenvalue weighted by atomic mass is 10.1. The summed E-state index contributed by atoms with van der Waals surface area (Å²) in [5, 5.41) is 8.80. The number of nitrogens with zero attached hydrogens (tertiary/aromatic N) is 7. The predicted octanol–water partition coefficient (Wildman–Crippen LogP) is 3.53. The summed E-state index contributed by atoms with van der Waals surface area (Å²) >= 11 is 1.37. The molecule has 8 nitrogen and oxygen atoms in total. The van der Waals surface area contributed by atoms with Crippen LogP contribution in [0.3, 0.4) is 0 Å². The molecule has 3 aromatic rings. The highest BCUT2D eigenvalue weighted by Crippen LogP contribution is 2.32. The van der Waals surface area contributed by atoms with Crippen molar-refractivity contribution in [3.63, 3.8) is 0 Å². The van der Waals surface area contributed by atoms with E-state index < -0.39 is 0 Å². The number of piperazine rings is 1. The maximum Gasteiger partial charge on any atom is 0.236 e. The van der Waals surface area contributed by atoms with Crippen molar-refractivity contribution in [3.8, 4) is 11.4 Å². The maximum atomic E-state index is 14.4. The van der Waals surface area contributed by atoms with Crippen LogP contribution in [-0.4, -0.2) is 67.0 Å². The first-order chi connectivity index (χ1) is 16.5. The molecule has 0 bridgehead atoms. The maximum absolute atomic E-state index is 14.4. The third-order valence-corrected chi connectivity index (χ3v) is 7.16. The number of rotatable bonds is 8. The summed E-state index contributed by atoms with van der Waals surface area (Å²) in [5.74, 6) is 0.871. The first-order valence-corrected chi connectivity index (χ1v) is 12.1. The monoisotopic (exact) mass is 481 g/mol. The summed E-state index contributed by atoms with van der Waals surface area (Å²) in [6, 6.07) is 8.26. The molecule has 0 spiro atoms. The molecule has 0 N–H and O–H groups in total. The van der Waals surface area contributed by atoms with Crippen LogP contribution in [0, 0.1) is 11.7 Å². The third-order valence-electron chi connectivity index (χ3n) is 5.65. The van der Waals surface area contributed by atoms with E-state index in [1.54, 1.807) is 42.7 Å². The summed E-state index contributed by atoms with van der Waals surface area (Å²) in [6.07, 6.45) is 5.16. The Hall–Kier alpha value is -3.27. The molecule has 0 radical (unpaired) electrons. The van der Waals surface area contributed by atoms with Crippen LogP contribution in [0.5, 0.6) is 0 Å². The molecule has 1 aromatic carbocycles. The fraction of sp³-hybridized carbons (Fsp3) is 0.375. The van der Waals surface area contributed by atoms with Crippen molar-refractivity contribution in [3.05, 3.63) is 61.2 Å². The highest BCUT2D eigenvalue weighted by molar-refractivity contribution is 8.00. The lowest BCUT2D eigenvalue weighted by Gasteiger charge is -2.36. The number of carbonyl (C=O) groups is 1. The summed E-state index contributed by atoms with van der Waals surface area (Å²) in [7, 11) is 0. The molecular weight excluding hydrogens is 453 g/mol. The van der Waals surface area contributed by atoms with Gasteiger partial charge in [-0.1, -0.05) is 43.8 Å². The Bertz CT molecular complexity index is 1130. The molecule has 0 aliphatic carbocycles. The van der Waals surface area contributed by atoms with Gasteiger partial charge in [0.15, 0.2) is 11.0 Å². The number of carbonyl (C=O) groups excluding carboxylic acids is 1. The number of halogens is 1. The van der Waals surface area contributed by atoms with E-state index in [4.69, 9.17) is 0 Å². The minimum absolute atomic E-state index is 0.0641. The molecule has 1 fully saturated rings. The highest BCUT2D eigenvalue weighted by atomic mass is 32.2. The second-order valence-corrected chi connectivity index (χ2v) is 9.44. The van der Waals surface area contributed by atoms with Crippen LogP contribution in [0.1, 0.15) is 13.8 Å². The topological polar surface area (TPSA) is 80.0 Å². The molecule has 3 heterocycles. The van der Waals surface area contributed by atoms with Gasteiger partial charge >= 0.3 is 0 Å². The SMILES string of the molecule is C=CCn1c(SC(C(=O)N2CCN(c3ncccn3)CC2)C(C)C)nnc1-c1ccccc1F. The Morgan fingerprint density at radius 1 is 1.12 bits per heavy atom. The Labute approximate surface area is 202 Å². The molecule has 1 atom stereocenters. The number of hydrogen-bond acceptors (Lipinski definition) is 7. The number of hydrogen-bond donors (Lipinski definition) is 0. The van der Waals surface area contributed by atoms with Crippen molar-refractivity contribution in [2.75, 3.05) is 31.1 Å². The van der Waals surface area contributed by atoms with Crippen LogP contribution in [0.25, 0.3) is 11.4 Å². The van der Waals surface area contributed by atoms with Gasteiger partial charge in [-0.05, 0) is 24.1 Å². The third kappa shape index (κ3) is 5.11. The van der Waals surface area contributed by atoms with E-state index in [1.165, 1.54) is 17.8 Å². The zero-order valence-corrected chi connectivity index (χ0v) is 20.2. The number of amides is 1. The smallest absolute Gasteiger partial charge is 0.236 e. The zero-order chi connectivity index (χ0) is 24.1. The number of allylic oxidation sites excluding steroid dienone is 1. The average Bonchev–Trinajstić information content (AvgIpc) is 3.25. The van der Waals surface area contributed by atoms with Crippen molar-refractivity contribution in [2.24, 2.45) is 5.92 Å². The van der Waals surface area contributed by atoms with Gasteiger partial charge in [-0.3, -0.25) is 9.36 Å². The molecule has 34 heavy (non-hydrogen) atoms. The average molecular weight is 482 g/mol. The fourth-order valence-corrected chi connectivity index (χ4v) is 4.98. The lowest BCUT2D eigenvalue weighted by molar-refractivity contribution is -0.131. The standard InChI is InChI=1S/C24H28FN7OS/c1-4-12-32-21(18-8-5-6-9-19(18)25)28-29-24(32)34-20(17(2)3)22(33)30-13-15-31(16-14-30)23-26-10-7-11-27-23/h4-11,17,20H,1,12-16H2,2-3H3. The van der Waals surface area contributed by atoms with Crippen LogP contribution >= 0.6 is 11.8 Å². The quantitative estimate of drug-likeness (QED) is 0.360. The molecule has 1 amide bonds. The van der Waals surface area contributed by atoms with Gasteiger partial charge in [0.2, 0.25) is 11.9 Å². The summed E-state index contributed by atoms with van der Waals surface area (Å²) in [6.45, 7) is 10.8. The van der Waals surface area contributed by atoms with Crippen molar-refractivity contribution in [1.82, 2.24) is 29.6 Å². The molecule has 1 aliphatic rings. The Morgan fingerprint density at radius 3 is 2.47 bits per heavy atom. The van der Waals surface area contributed by atoms with Gasteiger partial charge in [-0.15, -0.1) is 16.8 Å². The van der Waals surface area contributed by atoms with Crippen molar-refractivity contribution in [2.45, 2.75) is 30.8 Å². The lowest BCUT2D eigenvalue weighted by Crippen LogP contribution is -2.52. The zero-order valence-electron chi connectivity index (χ0n) is 19.3. The summed E-state index contributed by atoms with van der Waals surface area (Å²) in [5.41, 5.74) is 0.371. The first kappa shape index (κ1) is 23.9. The molecule has 2 aromatic heterocycles. The van der Waals surface area contributed by atoms with Gasteiger partial charge in [0, 0.05) is 45.1 Å². The van der Waals surface area contributed by atoms with Crippen LogP contribution in [0.2, 0.25) is 0 Å². The van der Waals surface area contributed by atoms with E-state index in [0.717, 1.165) is 0 Å². The predicted molar refractivity (Wildman–Crippen MR) is 131 cm³/mol. The normalized spacial score (nSPS) is 14.9. The van der Waals surface area contributed by atoms with Crippen LogP contribution in [-0.2, 0) is 11.3 Å². The fourth-order valence-electron chi connectivity index (χ4n) is 3.86. The Kier molecular flexibility index (Phi) is 7.56. The minimum atomic E-state index is -0.367. The van der Waals surface area contributed by atoms with E-state index in [1.807, 2.05) is 23.3 Å². The summed E-state index contributed by atoms with van der Waals surface area (Å²) in [4.78, 5) is 26.1. The summed E-state index contributed by atoms with van der Waals surface area (Å²) < 4.78 is 16.2. The molecule has 1 aliphatic heterocycles. The molecular formula is C24H28FN7OS. The highest BCUT2D eigenvalue weighted by Gasteiger charge is 2.32. The Morgan fingerprint density at radius 2 is 1.82 bits per heavy atom. The van der Waals surface area contributed by atoms with E-state index in [0.29, 0.717) is 55.2 Å². The number of thioether (sulfide) groups is 1. The van der Waals surface area contributed by atoms with Gasteiger partial charge in [-0.2, -0.15) is 0 Å². The van der Waals surface area contributed by atoms with Gasteiger partial charge in [-0.25, -0.2) is 14.4 Å². The molecule has 4 rings (SSSR count). The molecule has 1 unspecified atom stereocenters. The minimum Gasteiger partial charge on any atom is -0.338 e. The van der Waals surface area contributed by atoms with Crippen molar-refractivity contribution in [1.29, 1.82) is 0 Å². The number of aromatic nitrogens is 5. The second-order valence-electron chi connectivity index (χ2n) is 8.33. The Balaban J connectivity index is 1.51. The first-order valence-electron chi connectivity index (χ1n) is 11.3. The van der Waals surface area contributed by atoms with Gasteiger partial charge in [0.05, 0.1) is 10.8 Å². The van der Waals surface area contributed by atoms with Crippen LogP contribution < -0.4 is 4.90 Å². The molecule has 10 heteroatoms. The van der Waals surface area contributed by atoms with Crippen LogP contribution in [0.15, 0.2) is 60.5 Å². The molecule has 0 saturated carbocycles. The van der Waals surface area contributed by atoms with Gasteiger partial charge in [0.1, 0.15) is 5.82 Å². The van der Waals surface area contributed by atoms with Crippen LogP contribution in [0.4, 0.5) is 10.3 Å². The van der Waals surface area contributed by atoms with Gasteiger partial charge < -0.3 is 9.80 Å². The molecule has 178 valence electrons. The van der Waals surface area contributed by atoms with E-state index >= 15 is 0 Å². The van der Waals surface area contributed by atoms with Crippen molar-refractivity contribution < 1.29 is 9.18 Å².